The van der Waals surface area contributed by atoms with E-state index < -0.39 is 23.6 Å². The highest BCUT2D eigenvalue weighted by molar-refractivity contribution is 5.85. The van der Waals surface area contributed by atoms with Crippen LogP contribution in [0.25, 0.3) is 10.8 Å². The number of hydrogen-bond acceptors (Lipinski definition) is 3. The fourth-order valence-corrected chi connectivity index (χ4v) is 2.27. The minimum absolute atomic E-state index is 0.0252. The number of benzene rings is 2. The van der Waals surface area contributed by atoms with Gasteiger partial charge in [-0.2, -0.15) is 0 Å². The molecule has 5 heteroatoms. The number of ether oxygens (including phenoxy) is 1. The van der Waals surface area contributed by atoms with Crippen molar-refractivity contribution in [3.8, 4) is 0 Å². The summed E-state index contributed by atoms with van der Waals surface area (Å²) in [5, 5.41) is 14.0. The van der Waals surface area contributed by atoms with Gasteiger partial charge in [-0.1, -0.05) is 42.5 Å². The summed E-state index contributed by atoms with van der Waals surface area (Å²) in [5.41, 5.74) is 0.0263. The number of carboxylic acid groups (broad SMARTS) is 1. The second-order valence-corrected chi connectivity index (χ2v) is 6.38. The summed E-state index contributed by atoms with van der Waals surface area (Å²) < 4.78 is 5.13. The van der Waals surface area contributed by atoms with Gasteiger partial charge in [0.2, 0.25) is 0 Å². The first-order valence-corrected chi connectivity index (χ1v) is 7.44. The molecule has 2 rings (SSSR count). The quantitative estimate of drug-likeness (QED) is 0.905. The van der Waals surface area contributed by atoms with E-state index in [9.17, 15) is 14.7 Å². The number of alkyl carbamates (subject to hydrolysis) is 1. The summed E-state index contributed by atoms with van der Waals surface area (Å²) >= 11 is 0. The van der Waals surface area contributed by atoms with Gasteiger partial charge in [-0.25, -0.2) is 4.79 Å². The number of hydrogen-bond donors (Lipinski definition) is 2. The first-order valence-electron chi connectivity index (χ1n) is 7.44. The van der Waals surface area contributed by atoms with Gasteiger partial charge in [0.05, 0.1) is 5.92 Å². The van der Waals surface area contributed by atoms with Crippen molar-refractivity contribution < 1.29 is 19.4 Å². The van der Waals surface area contributed by atoms with Crippen LogP contribution in [0.2, 0.25) is 0 Å². The van der Waals surface area contributed by atoms with E-state index in [0.29, 0.717) is 5.56 Å². The minimum atomic E-state index is -0.990. The number of amides is 1. The summed E-state index contributed by atoms with van der Waals surface area (Å²) in [4.78, 5) is 23.2. The number of carbonyl (C=O) groups is 2. The van der Waals surface area contributed by atoms with E-state index in [2.05, 4.69) is 5.32 Å². The predicted molar refractivity (Wildman–Crippen MR) is 88.6 cm³/mol. The van der Waals surface area contributed by atoms with Crippen LogP contribution in [-0.4, -0.2) is 29.3 Å². The maximum absolute atomic E-state index is 11.7. The monoisotopic (exact) mass is 315 g/mol. The van der Waals surface area contributed by atoms with Crippen LogP contribution < -0.4 is 5.32 Å². The molecule has 0 fully saturated rings. The summed E-state index contributed by atoms with van der Waals surface area (Å²) in [6, 6.07) is 13.2. The van der Waals surface area contributed by atoms with Crippen molar-refractivity contribution in [2.24, 2.45) is 0 Å². The van der Waals surface area contributed by atoms with E-state index in [1.165, 1.54) is 0 Å². The van der Waals surface area contributed by atoms with Crippen molar-refractivity contribution in [2.45, 2.75) is 32.3 Å². The number of rotatable bonds is 4. The average Bonchev–Trinajstić information content (AvgIpc) is 2.45. The fourth-order valence-electron chi connectivity index (χ4n) is 2.27. The molecule has 2 aromatic carbocycles. The Hall–Kier alpha value is -2.56. The maximum Gasteiger partial charge on any atom is 0.407 e. The maximum atomic E-state index is 11.7. The van der Waals surface area contributed by atoms with Crippen LogP contribution in [0.3, 0.4) is 0 Å². The van der Waals surface area contributed by atoms with Crippen LogP contribution in [0.1, 0.15) is 32.3 Å². The SMILES string of the molecule is CC(C)(C)OC(=O)NC[C@H](C(=O)O)c1ccc2ccccc2c1. The van der Waals surface area contributed by atoms with Crippen molar-refractivity contribution >= 4 is 22.8 Å². The molecule has 0 radical (unpaired) electrons. The minimum Gasteiger partial charge on any atom is -0.481 e. The number of aliphatic carboxylic acids is 1. The van der Waals surface area contributed by atoms with Gasteiger partial charge >= 0.3 is 12.1 Å². The normalized spacial score (nSPS) is 12.7. The van der Waals surface area contributed by atoms with E-state index in [1.54, 1.807) is 26.8 Å². The molecular formula is C18H21NO4. The molecule has 1 atom stereocenters. The number of carbonyl (C=O) groups excluding carboxylic acids is 1. The van der Waals surface area contributed by atoms with E-state index in [0.717, 1.165) is 10.8 Å². The molecule has 5 nitrogen and oxygen atoms in total. The Labute approximate surface area is 135 Å². The Balaban J connectivity index is 2.14. The van der Waals surface area contributed by atoms with Gasteiger partial charge in [0.1, 0.15) is 5.60 Å². The zero-order valence-electron chi connectivity index (χ0n) is 13.5. The third-order valence-electron chi connectivity index (χ3n) is 3.32. The van der Waals surface area contributed by atoms with E-state index in [-0.39, 0.29) is 6.54 Å². The number of nitrogens with one attached hydrogen (secondary N) is 1. The van der Waals surface area contributed by atoms with Crippen molar-refractivity contribution in [2.75, 3.05) is 6.54 Å². The highest BCUT2D eigenvalue weighted by Gasteiger charge is 2.23. The van der Waals surface area contributed by atoms with Crippen LogP contribution in [0.15, 0.2) is 42.5 Å². The van der Waals surface area contributed by atoms with Crippen LogP contribution in [0, 0.1) is 0 Å². The molecule has 0 heterocycles. The molecule has 0 aliphatic heterocycles. The molecule has 0 unspecified atom stereocenters. The van der Waals surface area contributed by atoms with Gasteiger partial charge in [-0.3, -0.25) is 4.79 Å². The Kier molecular flexibility index (Phi) is 4.89. The molecular weight excluding hydrogens is 294 g/mol. The van der Waals surface area contributed by atoms with Crippen molar-refractivity contribution in [3.63, 3.8) is 0 Å². The van der Waals surface area contributed by atoms with Crippen molar-refractivity contribution in [1.82, 2.24) is 5.32 Å². The Morgan fingerprint density at radius 3 is 2.39 bits per heavy atom. The summed E-state index contributed by atoms with van der Waals surface area (Å²) in [6.45, 7) is 5.24. The molecule has 0 saturated heterocycles. The topological polar surface area (TPSA) is 75.6 Å². The van der Waals surface area contributed by atoms with Gasteiger partial charge in [0.25, 0.3) is 0 Å². The molecule has 1 amide bonds. The Morgan fingerprint density at radius 1 is 1.13 bits per heavy atom. The molecule has 122 valence electrons. The Bertz CT molecular complexity index is 718. The highest BCUT2D eigenvalue weighted by Crippen LogP contribution is 2.22. The lowest BCUT2D eigenvalue weighted by atomic mass is 9.96. The van der Waals surface area contributed by atoms with Crippen molar-refractivity contribution in [1.29, 1.82) is 0 Å². The summed E-state index contributed by atoms with van der Waals surface area (Å²) in [7, 11) is 0. The van der Waals surface area contributed by atoms with Crippen LogP contribution >= 0.6 is 0 Å². The van der Waals surface area contributed by atoms with Gasteiger partial charge in [0.15, 0.2) is 0 Å². The molecule has 0 bridgehead atoms. The lowest BCUT2D eigenvalue weighted by Gasteiger charge is -2.21. The standard InChI is InChI=1S/C18H21NO4/c1-18(2,3)23-17(22)19-11-15(16(20)21)14-9-8-12-6-4-5-7-13(12)10-14/h4-10,15H,11H2,1-3H3,(H,19,22)(H,20,21)/t15-/m0/s1. The first-order chi connectivity index (χ1) is 10.8. The third kappa shape index (κ3) is 4.71. The van der Waals surface area contributed by atoms with Crippen LogP contribution in [-0.2, 0) is 9.53 Å². The molecule has 0 aromatic heterocycles. The van der Waals surface area contributed by atoms with E-state index in [4.69, 9.17) is 4.74 Å². The van der Waals surface area contributed by atoms with Gasteiger partial charge in [-0.05, 0) is 37.1 Å². The molecule has 23 heavy (non-hydrogen) atoms. The molecule has 0 saturated carbocycles. The second kappa shape index (κ2) is 6.69. The summed E-state index contributed by atoms with van der Waals surface area (Å²) in [5.74, 6) is -1.82. The molecule has 0 aliphatic rings. The average molecular weight is 315 g/mol. The zero-order valence-corrected chi connectivity index (χ0v) is 13.5. The lowest BCUT2D eigenvalue weighted by molar-refractivity contribution is -0.138. The predicted octanol–water partition coefficient (Wildman–Crippen LogP) is 3.53. The highest BCUT2D eigenvalue weighted by atomic mass is 16.6. The lowest BCUT2D eigenvalue weighted by Crippen LogP contribution is -2.36. The molecule has 2 N–H and O–H groups in total. The Morgan fingerprint density at radius 2 is 1.78 bits per heavy atom. The second-order valence-electron chi connectivity index (χ2n) is 6.38. The van der Waals surface area contributed by atoms with E-state index >= 15 is 0 Å². The smallest absolute Gasteiger partial charge is 0.407 e. The van der Waals surface area contributed by atoms with Crippen LogP contribution in [0.5, 0.6) is 0 Å². The first kappa shape index (κ1) is 16.8. The molecule has 0 spiro atoms. The van der Waals surface area contributed by atoms with Crippen LogP contribution in [0.4, 0.5) is 4.79 Å². The van der Waals surface area contributed by atoms with Gasteiger partial charge in [-0.15, -0.1) is 0 Å². The van der Waals surface area contributed by atoms with Gasteiger partial charge in [0, 0.05) is 6.54 Å². The van der Waals surface area contributed by atoms with Crippen molar-refractivity contribution in [3.05, 3.63) is 48.0 Å². The number of carboxylic acids is 1. The zero-order chi connectivity index (χ0) is 17.0. The number of fused-ring (bicyclic) bond motifs is 1. The van der Waals surface area contributed by atoms with E-state index in [1.807, 2.05) is 36.4 Å². The molecule has 0 aliphatic carbocycles. The fraction of sp³-hybridized carbons (Fsp3) is 0.333. The summed E-state index contributed by atoms with van der Waals surface area (Å²) in [6.07, 6.45) is -0.621. The van der Waals surface area contributed by atoms with Gasteiger partial charge < -0.3 is 15.2 Å². The third-order valence-corrected chi connectivity index (χ3v) is 3.32. The molecule has 2 aromatic rings. The largest absolute Gasteiger partial charge is 0.481 e.